The number of carbonyl (C=O) groups excluding carboxylic acids is 1. The van der Waals surface area contributed by atoms with Gasteiger partial charge < -0.3 is 9.99 Å². The van der Waals surface area contributed by atoms with Gasteiger partial charge in [-0.15, -0.1) is 0 Å². The number of ketones is 1. The summed E-state index contributed by atoms with van der Waals surface area (Å²) >= 11 is 0. The van der Waals surface area contributed by atoms with E-state index in [0.29, 0.717) is 5.56 Å². The van der Waals surface area contributed by atoms with Crippen molar-refractivity contribution in [3.63, 3.8) is 0 Å². The van der Waals surface area contributed by atoms with E-state index in [2.05, 4.69) is 4.89 Å². The summed E-state index contributed by atoms with van der Waals surface area (Å²) in [5, 5.41) is 17.7. The third kappa shape index (κ3) is 2.31. The Hall–Kier alpha value is -1.39. The number of hydrogen-bond donors (Lipinski definition) is 2. The largest absolute Gasteiger partial charge is 0.382 e. The highest BCUT2D eigenvalue weighted by atomic mass is 17.1. The molecule has 0 amide bonds. The van der Waals surface area contributed by atoms with E-state index in [-0.39, 0.29) is 11.5 Å². The lowest BCUT2D eigenvalue weighted by molar-refractivity contribution is -0.137. The van der Waals surface area contributed by atoms with Crippen molar-refractivity contribution < 1.29 is 20.0 Å². The van der Waals surface area contributed by atoms with Crippen LogP contribution in [0.1, 0.15) is 24.2 Å². The summed E-state index contributed by atoms with van der Waals surface area (Å²) in [4.78, 5) is 15.5. The van der Waals surface area contributed by atoms with Crippen LogP contribution in [0.5, 0.6) is 5.75 Å². The van der Waals surface area contributed by atoms with Crippen molar-refractivity contribution in [2.45, 2.75) is 19.4 Å². The highest BCUT2D eigenvalue weighted by Gasteiger charge is 2.24. The van der Waals surface area contributed by atoms with Crippen molar-refractivity contribution in [1.29, 1.82) is 0 Å². The van der Waals surface area contributed by atoms with Crippen molar-refractivity contribution in [1.82, 2.24) is 0 Å². The molecule has 0 fully saturated rings. The van der Waals surface area contributed by atoms with Crippen LogP contribution in [0.4, 0.5) is 0 Å². The Morgan fingerprint density at radius 2 is 1.79 bits per heavy atom. The molecule has 4 heteroatoms. The molecule has 0 atom stereocenters. The van der Waals surface area contributed by atoms with Gasteiger partial charge in [-0.25, -0.2) is 5.26 Å². The molecule has 0 unspecified atom stereocenters. The Morgan fingerprint density at radius 3 is 2.14 bits per heavy atom. The lowest BCUT2D eigenvalue weighted by Crippen LogP contribution is -2.30. The lowest BCUT2D eigenvalue weighted by atomic mass is 9.97. The van der Waals surface area contributed by atoms with Crippen molar-refractivity contribution in [3.05, 3.63) is 29.8 Å². The van der Waals surface area contributed by atoms with E-state index in [9.17, 15) is 9.90 Å². The van der Waals surface area contributed by atoms with Crippen LogP contribution in [0.3, 0.4) is 0 Å². The summed E-state index contributed by atoms with van der Waals surface area (Å²) in [6.07, 6.45) is 0. The Labute approximate surface area is 81.7 Å². The molecule has 4 nitrogen and oxygen atoms in total. The second kappa shape index (κ2) is 3.77. The van der Waals surface area contributed by atoms with Crippen LogP contribution in [0, 0.1) is 0 Å². The summed E-state index contributed by atoms with van der Waals surface area (Å²) in [6, 6.07) is 5.84. The minimum Gasteiger partial charge on any atom is -0.382 e. The Balaban J connectivity index is 2.93. The minimum atomic E-state index is -1.39. The van der Waals surface area contributed by atoms with E-state index in [1.807, 2.05) is 0 Å². The number of aliphatic hydroxyl groups is 1. The van der Waals surface area contributed by atoms with Gasteiger partial charge in [0, 0.05) is 5.56 Å². The number of carbonyl (C=O) groups is 1. The third-order valence-corrected chi connectivity index (χ3v) is 1.78. The fourth-order valence-electron chi connectivity index (χ4n) is 1.02. The van der Waals surface area contributed by atoms with Crippen LogP contribution < -0.4 is 4.89 Å². The number of rotatable bonds is 3. The monoisotopic (exact) mass is 196 g/mol. The van der Waals surface area contributed by atoms with E-state index < -0.39 is 5.60 Å². The maximum absolute atomic E-state index is 11.5. The maximum Gasteiger partial charge on any atom is 0.193 e. The SMILES string of the molecule is CC(C)(O)C(=O)c1ccc(OO)cc1. The molecule has 0 saturated heterocycles. The van der Waals surface area contributed by atoms with Crippen molar-refractivity contribution in [2.24, 2.45) is 0 Å². The van der Waals surface area contributed by atoms with Gasteiger partial charge in [0.15, 0.2) is 11.5 Å². The normalized spacial score (nSPS) is 11.1. The first-order valence-corrected chi connectivity index (χ1v) is 4.14. The number of Topliss-reactive ketones (excluding diaryl/α,β-unsaturated/α-hetero) is 1. The summed E-state index contributed by atoms with van der Waals surface area (Å²) in [6.45, 7) is 2.84. The van der Waals surface area contributed by atoms with E-state index >= 15 is 0 Å². The zero-order chi connectivity index (χ0) is 10.8. The molecular weight excluding hydrogens is 184 g/mol. The quantitative estimate of drug-likeness (QED) is 0.436. The average Bonchev–Trinajstić information content (AvgIpc) is 2.15. The fraction of sp³-hybridized carbons (Fsp3) is 0.300. The molecular formula is C10H12O4. The summed E-state index contributed by atoms with van der Waals surface area (Å²) in [7, 11) is 0. The van der Waals surface area contributed by atoms with E-state index in [1.165, 1.54) is 38.1 Å². The minimum absolute atomic E-state index is 0.247. The molecule has 0 saturated carbocycles. The molecule has 0 aliphatic rings. The molecule has 0 aliphatic heterocycles. The van der Waals surface area contributed by atoms with Crippen LogP contribution in [0.2, 0.25) is 0 Å². The van der Waals surface area contributed by atoms with Gasteiger partial charge in [-0.3, -0.25) is 4.79 Å². The van der Waals surface area contributed by atoms with Crippen LogP contribution in [-0.2, 0) is 0 Å². The van der Waals surface area contributed by atoms with Gasteiger partial charge in [0.05, 0.1) is 0 Å². The second-order valence-electron chi connectivity index (χ2n) is 3.50. The maximum atomic E-state index is 11.5. The standard InChI is InChI=1S/C10H12O4/c1-10(2,12)9(11)7-3-5-8(14-13)6-4-7/h3-6,12-13H,1-2H3. The van der Waals surface area contributed by atoms with Gasteiger partial charge in [0.1, 0.15) is 5.60 Å². The Kier molecular flexibility index (Phi) is 2.88. The van der Waals surface area contributed by atoms with Crippen LogP contribution in [0.25, 0.3) is 0 Å². The molecule has 2 N–H and O–H groups in total. The molecule has 0 spiro atoms. The third-order valence-electron chi connectivity index (χ3n) is 1.78. The first-order valence-electron chi connectivity index (χ1n) is 4.14. The molecule has 0 heterocycles. The van der Waals surface area contributed by atoms with E-state index in [0.717, 1.165) is 0 Å². The second-order valence-corrected chi connectivity index (χ2v) is 3.50. The molecule has 1 rings (SSSR count). The van der Waals surface area contributed by atoms with Crippen LogP contribution in [0.15, 0.2) is 24.3 Å². The summed E-state index contributed by atoms with van der Waals surface area (Å²) in [5.41, 5.74) is -1.01. The van der Waals surface area contributed by atoms with Gasteiger partial charge in [0.2, 0.25) is 0 Å². The highest BCUT2D eigenvalue weighted by molar-refractivity contribution is 6.01. The average molecular weight is 196 g/mol. The zero-order valence-electron chi connectivity index (χ0n) is 8.02. The Bertz CT molecular complexity index is 321. The first-order chi connectivity index (χ1) is 6.45. The highest BCUT2D eigenvalue weighted by Crippen LogP contribution is 2.16. The zero-order valence-corrected chi connectivity index (χ0v) is 8.02. The molecule has 76 valence electrons. The Morgan fingerprint density at radius 1 is 1.29 bits per heavy atom. The smallest absolute Gasteiger partial charge is 0.193 e. The molecule has 0 aromatic heterocycles. The number of hydrogen-bond acceptors (Lipinski definition) is 4. The van der Waals surface area contributed by atoms with Gasteiger partial charge in [-0.1, -0.05) is 0 Å². The van der Waals surface area contributed by atoms with Crippen molar-refractivity contribution >= 4 is 5.78 Å². The fourth-order valence-corrected chi connectivity index (χ4v) is 1.02. The topological polar surface area (TPSA) is 66.8 Å². The van der Waals surface area contributed by atoms with Crippen molar-refractivity contribution in [2.75, 3.05) is 0 Å². The first kappa shape index (κ1) is 10.7. The lowest BCUT2D eigenvalue weighted by Gasteiger charge is -2.15. The van der Waals surface area contributed by atoms with E-state index in [4.69, 9.17) is 5.26 Å². The molecule has 1 aromatic carbocycles. The molecule has 0 aliphatic carbocycles. The number of benzene rings is 1. The van der Waals surface area contributed by atoms with Gasteiger partial charge in [-0.05, 0) is 38.1 Å². The summed E-state index contributed by atoms with van der Waals surface area (Å²) < 4.78 is 0. The molecule has 0 radical (unpaired) electrons. The predicted molar refractivity (Wildman–Crippen MR) is 50.3 cm³/mol. The van der Waals surface area contributed by atoms with Crippen LogP contribution >= 0.6 is 0 Å². The van der Waals surface area contributed by atoms with E-state index in [1.54, 1.807) is 0 Å². The predicted octanol–water partition coefficient (Wildman–Crippen LogP) is 1.49. The van der Waals surface area contributed by atoms with Gasteiger partial charge in [-0.2, -0.15) is 0 Å². The molecule has 0 bridgehead atoms. The van der Waals surface area contributed by atoms with Gasteiger partial charge >= 0.3 is 0 Å². The summed E-state index contributed by atoms with van der Waals surface area (Å²) in [5.74, 6) is -0.126. The van der Waals surface area contributed by atoms with Crippen molar-refractivity contribution in [3.8, 4) is 5.75 Å². The molecule has 1 aromatic rings. The van der Waals surface area contributed by atoms with Crippen LogP contribution in [-0.4, -0.2) is 21.7 Å². The molecule has 14 heavy (non-hydrogen) atoms. The van der Waals surface area contributed by atoms with Gasteiger partial charge in [0.25, 0.3) is 0 Å².